The van der Waals surface area contributed by atoms with Gasteiger partial charge in [0, 0.05) is 22.8 Å². The number of aryl methyl sites for hydroxylation is 3. The Hall–Kier alpha value is -2.41. The zero-order chi connectivity index (χ0) is 19.0. The van der Waals surface area contributed by atoms with Crippen LogP contribution >= 0.6 is 11.3 Å². The van der Waals surface area contributed by atoms with Crippen molar-refractivity contribution in [3.05, 3.63) is 54.8 Å². The molecule has 3 aromatic rings. The van der Waals surface area contributed by atoms with Gasteiger partial charge < -0.3 is 9.72 Å². The molecule has 0 atom stereocenters. The molecule has 0 bridgehead atoms. The Bertz CT molecular complexity index is 1080. The lowest BCUT2D eigenvalue weighted by Gasteiger charge is -2.11. The van der Waals surface area contributed by atoms with E-state index in [2.05, 4.69) is 9.97 Å². The van der Waals surface area contributed by atoms with Gasteiger partial charge in [0.2, 0.25) is 5.43 Å². The molecular weight excluding hydrogens is 350 g/mol. The first kappa shape index (κ1) is 18.4. The number of nitrogens with zero attached hydrogens (tertiary/aromatic N) is 2. The number of fused-ring (bicyclic) bond motifs is 1. The molecule has 0 saturated carbocycles. The molecule has 0 saturated heterocycles. The highest BCUT2D eigenvalue weighted by Crippen LogP contribution is 2.26. The average Bonchev–Trinajstić information content (AvgIpc) is 2.84. The standard InChI is InChI=1S/C19H23N3O3S/c1-10(2)9-25-16-7-20-14(6-15(16)23)8-22-13(5)21-18-17(19(22)24)11(3)12(4)26-18/h6-7,10H,8-9H2,1-5H3,(H,20,23). The summed E-state index contributed by atoms with van der Waals surface area (Å²) in [5, 5.41) is 0.664. The number of pyridine rings is 1. The van der Waals surface area contributed by atoms with Crippen LogP contribution in [-0.4, -0.2) is 21.1 Å². The zero-order valence-electron chi connectivity index (χ0n) is 15.7. The maximum absolute atomic E-state index is 12.9. The van der Waals surface area contributed by atoms with E-state index < -0.39 is 0 Å². The fourth-order valence-electron chi connectivity index (χ4n) is 2.75. The smallest absolute Gasteiger partial charge is 0.262 e. The summed E-state index contributed by atoms with van der Waals surface area (Å²) in [5.41, 5.74) is 1.35. The third-order valence-electron chi connectivity index (χ3n) is 4.32. The second kappa shape index (κ2) is 7.07. The molecule has 0 spiro atoms. The number of rotatable bonds is 5. The molecule has 138 valence electrons. The number of hydrogen-bond donors (Lipinski definition) is 1. The van der Waals surface area contributed by atoms with Crippen LogP contribution in [-0.2, 0) is 6.54 Å². The highest BCUT2D eigenvalue weighted by atomic mass is 32.1. The van der Waals surface area contributed by atoms with Crippen molar-refractivity contribution in [1.29, 1.82) is 0 Å². The Kier molecular flexibility index (Phi) is 5.00. The predicted octanol–water partition coefficient (Wildman–Crippen LogP) is 3.15. The van der Waals surface area contributed by atoms with Gasteiger partial charge in [0.05, 0.1) is 18.5 Å². The van der Waals surface area contributed by atoms with Crippen molar-refractivity contribution in [3.8, 4) is 5.75 Å². The molecule has 0 aliphatic carbocycles. The molecule has 0 aliphatic heterocycles. The third-order valence-corrected chi connectivity index (χ3v) is 5.42. The summed E-state index contributed by atoms with van der Waals surface area (Å²) >= 11 is 1.54. The van der Waals surface area contributed by atoms with Gasteiger partial charge in [0.15, 0.2) is 5.75 Å². The summed E-state index contributed by atoms with van der Waals surface area (Å²) in [6, 6.07) is 1.48. The first-order valence-electron chi connectivity index (χ1n) is 8.59. The second-order valence-electron chi connectivity index (χ2n) is 6.91. The Morgan fingerprint density at radius 3 is 2.65 bits per heavy atom. The van der Waals surface area contributed by atoms with E-state index in [4.69, 9.17) is 4.74 Å². The Labute approximate surface area is 155 Å². The van der Waals surface area contributed by atoms with E-state index in [0.717, 1.165) is 15.3 Å². The van der Waals surface area contributed by atoms with E-state index in [-0.39, 0.29) is 17.5 Å². The highest BCUT2D eigenvalue weighted by Gasteiger charge is 2.15. The van der Waals surface area contributed by atoms with E-state index in [9.17, 15) is 9.59 Å². The van der Waals surface area contributed by atoms with Crippen LogP contribution in [0.25, 0.3) is 10.2 Å². The molecule has 0 radical (unpaired) electrons. The topological polar surface area (TPSA) is 77.0 Å². The summed E-state index contributed by atoms with van der Waals surface area (Å²) in [6.07, 6.45) is 1.56. The van der Waals surface area contributed by atoms with Gasteiger partial charge in [-0.1, -0.05) is 13.8 Å². The molecule has 26 heavy (non-hydrogen) atoms. The molecule has 3 aromatic heterocycles. The minimum absolute atomic E-state index is 0.0738. The van der Waals surface area contributed by atoms with E-state index in [1.807, 2.05) is 34.6 Å². The lowest BCUT2D eigenvalue weighted by atomic mass is 10.2. The summed E-state index contributed by atoms with van der Waals surface area (Å²) in [5.74, 6) is 1.26. The second-order valence-corrected chi connectivity index (χ2v) is 8.11. The number of ether oxygens (including phenoxy) is 1. The fourth-order valence-corrected chi connectivity index (χ4v) is 3.81. The average molecular weight is 373 g/mol. The van der Waals surface area contributed by atoms with E-state index in [1.165, 1.54) is 17.4 Å². The van der Waals surface area contributed by atoms with E-state index in [0.29, 0.717) is 35.2 Å². The minimum Gasteiger partial charge on any atom is -0.488 e. The van der Waals surface area contributed by atoms with Gasteiger partial charge in [-0.05, 0) is 32.3 Å². The van der Waals surface area contributed by atoms with E-state index >= 15 is 0 Å². The first-order valence-corrected chi connectivity index (χ1v) is 9.41. The van der Waals surface area contributed by atoms with Crippen molar-refractivity contribution in [2.24, 2.45) is 5.92 Å². The Balaban J connectivity index is 1.96. The summed E-state index contributed by atoms with van der Waals surface area (Å²) < 4.78 is 7.10. The molecule has 0 fully saturated rings. The number of aromatic nitrogens is 3. The van der Waals surface area contributed by atoms with Crippen LogP contribution in [0.2, 0.25) is 0 Å². The van der Waals surface area contributed by atoms with Gasteiger partial charge in [-0.25, -0.2) is 4.98 Å². The van der Waals surface area contributed by atoms with Crippen molar-refractivity contribution in [1.82, 2.24) is 14.5 Å². The quantitative estimate of drug-likeness (QED) is 0.745. The van der Waals surface area contributed by atoms with Crippen LogP contribution in [0.3, 0.4) is 0 Å². The molecule has 3 heterocycles. The lowest BCUT2D eigenvalue weighted by molar-refractivity contribution is 0.267. The maximum Gasteiger partial charge on any atom is 0.262 e. The molecule has 0 aromatic carbocycles. The number of H-pyrrole nitrogens is 1. The Morgan fingerprint density at radius 1 is 1.27 bits per heavy atom. The molecule has 0 amide bonds. The third kappa shape index (κ3) is 3.44. The lowest BCUT2D eigenvalue weighted by Crippen LogP contribution is -2.25. The van der Waals surface area contributed by atoms with Gasteiger partial charge >= 0.3 is 0 Å². The van der Waals surface area contributed by atoms with Gasteiger partial charge in [0.25, 0.3) is 5.56 Å². The number of thiophene rings is 1. The summed E-state index contributed by atoms with van der Waals surface area (Å²) in [4.78, 5) is 34.7. The zero-order valence-corrected chi connectivity index (χ0v) is 16.5. The van der Waals surface area contributed by atoms with Gasteiger partial charge in [0.1, 0.15) is 10.7 Å². The summed E-state index contributed by atoms with van der Waals surface area (Å²) in [6.45, 7) is 10.5. The molecule has 6 nitrogen and oxygen atoms in total. The molecule has 0 aliphatic rings. The molecule has 1 N–H and O–H groups in total. The van der Waals surface area contributed by atoms with Gasteiger partial charge in [-0.3, -0.25) is 14.2 Å². The molecule has 0 unspecified atom stereocenters. The number of nitrogens with one attached hydrogen (secondary N) is 1. The SMILES string of the molecule is Cc1sc2nc(C)n(Cc3cc(=O)c(OCC(C)C)c[nH]3)c(=O)c2c1C. The minimum atomic E-state index is -0.193. The van der Waals surface area contributed by atoms with Crippen LogP contribution in [0.1, 0.15) is 35.8 Å². The van der Waals surface area contributed by atoms with Gasteiger partial charge in [-0.15, -0.1) is 11.3 Å². The first-order chi connectivity index (χ1) is 12.3. The summed E-state index contributed by atoms with van der Waals surface area (Å²) in [7, 11) is 0. The van der Waals surface area contributed by atoms with Crippen LogP contribution < -0.4 is 15.7 Å². The van der Waals surface area contributed by atoms with Crippen molar-refractivity contribution < 1.29 is 4.74 Å². The van der Waals surface area contributed by atoms with Gasteiger partial charge in [-0.2, -0.15) is 0 Å². The number of aromatic amines is 1. The van der Waals surface area contributed by atoms with Crippen LogP contribution in [0.5, 0.6) is 5.75 Å². The Morgan fingerprint density at radius 2 is 2.00 bits per heavy atom. The van der Waals surface area contributed by atoms with E-state index in [1.54, 1.807) is 10.8 Å². The monoisotopic (exact) mass is 373 g/mol. The predicted molar refractivity (Wildman–Crippen MR) is 105 cm³/mol. The van der Waals surface area contributed by atoms with Crippen molar-refractivity contribution in [2.75, 3.05) is 6.61 Å². The highest BCUT2D eigenvalue weighted by molar-refractivity contribution is 7.18. The van der Waals surface area contributed by atoms with Crippen LogP contribution in [0, 0.1) is 26.7 Å². The fraction of sp³-hybridized carbons (Fsp3) is 0.421. The largest absolute Gasteiger partial charge is 0.488 e. The molecule has 3 rings (SSSR count). The van der Waals surface area contributed by atoms with Crippen molar-refractivity contribution in [2.45, 2.75) is 41.2 Å². The van der Waals surface area contributed by atoms with Crippen LogP contribution in [0.4, 0.5) is 0 Å². The van der Waals surface area contributed by atoms with Crippen molar-refractivity contribution >= 4 is 21.6 Å². The van der Waals surface area contributed by atoms with Crippen LogP contribution in [0.15, 0.2) is 21.9 Å². The number of hydrogen-bond acceptors (Lipinski definition) is 5. The normalized spacial score (nSPS) is 11.5. The molecule has 7 heteroatoms. The molecular formula is C19H23N3O3S. The maximum atomic E-state index is 12.9. The van der Waals surface area contributed by atoms with Crippen molar-refractivity contribution in [3.63, 3.8) is 0 Å².